The minimum atomic E-state index is -0.0815. The Morgan fingerprint density at radius 2 is 2.15 bits per heavy atom. The van der Waals surface area contributed by atoms with Crippen LogP contribution in [0.1, 0.15) is 25.0 Å². The van der Waals surface area contributed by atoms with Crippen LogP contribution in [0.15, 0.2) is 18.2 Å². The van der Waals surface area contributed by atoms with E-state index >= 15 is 0 Å². The van der Waals surface area contributed by atoms with Gasteiger partial charge in [-0.15, -0.1) is 0 Å². The highest BCUT2D eigenvalue weighted by atomic mass is 16.1. The Labute approximate surface area is 120 Å². The molecule has 0 unspecified atom stereocenters. The van der Waals surface area contributed by atoms with E-state index < -0.39 is 0 Å². The Bertz CT molecular complexity index is 505. The maximum absolute atomic E-state index is 11.4. The molecule has 0 fully saturated rings. The Hall–Kier alpha value is -2.06. The third-order valence-electron chi connectivity index (χ3n) is 2.97. The van der Waals surface area contributed by atoms with Gasteiger partial charge in [-0.25, -0.2) is 0 Å². The number of hydrogen-bond donors (Lipinski definition) is 2. The van der Waals surface area contributed by atoms with Crippen LogP contribution < -0.4 is 15.5 Å². The Morgan fingerprint density at radius 3 is 2.70 bits per heavy atom. The Balaban J connectivity index is 2.88. The number of nitriles is 1. The molecule has 0 saturated heterocycles. The summed E-state index contributed by atoms with van der Waals surface area (Å²) in [4.78, 5) is 13.2. The lowest BCUT2D eigenvalue weighted by Crippen LogP contribution is -2.33. The van der Waals surface area contributed by atoms with Gasteiger partial charge in [0, 0.05) is 26.7 Å². The van der Waals surface area contributed by atoms with Crippen LogP contribution in [-0.4, -0.2) is 32.6 Å². The molecule has 0 radical (unpaired) electrons. The molecule has 0 saturated carbocycles. The van der Waals surface area contributed by atoms with E-state index in [4.69, 9.17) is 0 Å². The largest absolute Gasteiger partial charge is 0.364 e. The number of carbonyl (C=O) groups is 1. The van der Waals surface area contributed by atoms with Gasteiger partial charge < -0.3 is 15.5 Å². The van der Waals surface area contributed by atoms with Crippen LogP contribution in [0.2, 0.25) is 0 Å². The van der Waals surface area contributed by atoms with Gasteiger partial charge in [-0.1, -0.05) is 19.9 Å². The van der Waals surface area contributed by atoms with E-state index in [1.807, 2.05) is 18.2 Å². The molecule has 0 aliphatic heterocycles. The van der Waals surface area contributed by atoms with Crippen molar-refractivity contribution in [1.82, 2.24) is 10.6 Å². The smallest absolute Gasteiger partial charge is 0.239 e. The molecule has 1 amide bonds. The number of amides is 1. The van der Waals surface area contributed by atoms with Gasteiger partial charge in [0.2, 0.25) is 5.91 Å². The fourth-order valence-corrected chi connectivity index (χ4v) is 1.82. The molecular formula is C15H22N4O. The first kappa shape index (κ1) is 16.0. The fourth-order valence-electron chi connectivity index (χ4n) is 1.82. The summed E-state index contributed by atoms with van der Waals surface area (Å²) in [6.07, 6.45) is 0. The second-order valence-electron chi connectivity index (χ2n) is 5.03. The molecule has 0 bridgehead atoms. The van der Waals surface area contributed by atoms with Crippen molar-refractivity contribution in [3.63, 3.8) is 0 Å². The molecule has 0 heterocycles. The maximum atomic E-state index is 11.4. The summed E-state index contributed by atoms with van der Waals surface area (Å²) in [5.74, 6) is -0.0815. The number of carbonyl (C=O) groups excluding carboxylic acids is 1. The van der Waals surface area contributed by atoms with E-state index in [0.717, 1.165) is 17.8 Å². The average Bonchev–Trinajstić information content (AvgIpc) is 2.44. The van der Waals surface area contributed by atoms with E-state index in [0.29, 0.717) is 11.6 Å². The predicted molar refractivity (Wildman–Crippen MR) is 80.5 cm³/mol. The van der Waals surface area contributed by atoms with E-state index in [1.54, 1.807) is 19.0 Å². The molecule has 0 aliphatic rings. The van der Waals surface area contributed by atoms with Crippen molar-refractivity contribution in [2.24, 2.45) is 0 Å². The molecule has 1 aromatic carbocycles. The van der Waals surface area contributed by atoms with Crippen molar-refractivity contribution >= 4 is 11.6 Å². The zero-order valence-electron chi connectivity index (χ0n) is 12.5. The second kappa shape index (κ2) is 7.51. The molecule has 0 atom stereocenters. The first-order chi connectivity index (χ1) is 9.47. The van der Waals surface area contributed by atoms with Crippen molar-refractivity contribution in [2.75, 3.05) is 25.5 Å². The van der Waals surface area contributed by atoms with Crippen molar-refractivity contribution in [1.29, 1.82) is 5.26 Å². The summed E-state index contributed by atoms with van der Waals surface area (Å²) in [6.45, 7) is 5.12. The summed E-state index contributed by atoms with van der Waals surface area (Å²) in [7, 11) is 3.40. The van der Waals surface area contributed by atoms with Crippen LogP contribution in [0, 0.1) is 11.3 Å². The molecule has 0 spiro atoms. The van der Waals surface area contributed by atoms with Crippen LogP contribution in [0.4, 0.5) is 5.69 Å². The fraction of sp³-hybridized carbons (Fsp3) is 0.467. The lowest BCUT2D eigenvalue weighted by Gasteiger charge is -2.20. The normalized spacial score (nSPS) is 10.2. The first-order valence-corrected chi connectivity index (χ1v) is 6.66. The number of rotatable bonds is 6. The highest BCUT2D eigenvalue weighted by Crippen LogP contribution is 2.20. The lowest BCUT2D eigenvalue weighted by molar-refractivity contribution is -0.119. The monoisotopic (exact) mass is 274 g/mol. The number of hydrogen-bond acceptors (Lipinski definition) is 4. The summed E-state index contributed by atoms with van der Waals surface area (Å²) >= 11 is 0. The van der Waals surface area contributed by atoms with Crippen molar-refractivity contribution in [3.8, 4) is 6.07 Å². The summed E-state index contributed by atoms with van der Waals surface area (Å²) in [5.41, 5.74) is 2.41. The number of likely N-dealkylation sites (N-methyl/N-ethyl adjacent to an activating group) is 2. The molecule has 20 heavy (non-hydrogen) atoms. The van der Waals surface area contributed by atoms with Gasteiger partial charge in [-0.3, -0.25) is 4.79 Å². The van der Waals surface area contributed by atoms with Gasteiger partial charge in [0.15, 0.2) is 0 Å². The molecule has 108 valence electrons. The summed E-state index contributed by atoms with van der Waals surface area (Å²) in [5, 5.41) is 15.2. The third-order valence-corrected chi connectivity index (χ3v) is 2.97. The molecule has 2 N–H and O–H groups in total. The van der Waals surface area contributed by atoms with E-state index in [2.05, 4.69) is 30.6 Å². The van der Waals surface area contributed by atoms with Crippen LogP contribution >= 0.6 is 0 Å². The molecule has 1 aromatic rings. The van der Waals surface area contributed by atoms with Crippen LogP contribution in [0.3, 0.4) is 0 Å². The zero-order chi connectivity index (χ0) is 15.1. The van der Waals surface area contributed by atoms with Crippen molar-refractivity contribution in [3.05, 3.63) is 29.3 Å². The minimum absolute atomic E-state index is 0.0815. The van der Waals surface area contributed by atoms with Gasteiger partial charge in [-0.05, 0) is 17.7 Å². The van der Waals surface area contributed by atoms with E-state index in [1.165, 1.54) is 0 Å². The van der Waals surface area contributed by atoms with Crippen LogP contribution in [0.5, 0.6) is 0 Å². The number of benzene rings is 1. The molecule has 0 aliphatic carbocycles. The summed E-state index contributed by atoms with van der Waals surface area (Å²) in [6, 6.07) is 8.33. The Kier molecular flexibility index (Phi) is 6.01. The molecule has 0 aromatic heterocycles. The quantitative estimate of drug-likeness (QED) is 0.819. The zero-order valence-corrected chi connectivity index (χ0v) is 12.5. The first-order valence-electron chi connectivity index (χ1n) is 6.66. The number of nitrogens with zero attached hydrogens (tertiary/aromatic N) is 2. The van der Waals surface area contributed by atoms with Gasteiger partial charge in [-0.2, -0.15) is 5.26 Å². The van der Waals surface area contributed by atoms with Crippen molar-refractivity contribution < 1.29 is 4.79 Å². The van der Waals surface area contributed by atoms with Gasteiger partial charge >= 0.3 is 0 Å². The van der Waals surface area contributed by atoms with Crippen LogP contribution in [-0.2, 0) is 11.3 Å². The maximum Gasteiger partial charge on any atom is 0.239 e. The molecule has 1 rings (SSSR count). The topological polar surface area (TPSA) is 68.2 Å². The minimum Gasteiger partial charge on any atom is -0.364 e. The van der Waals surface area contributed by atoms with Crippen molar-refractivity contribution in [2.45, 2.75) is 26.4 Å². The lowest BCUT2D eigenvalue weighted by atomic mass is 10.1. The summed E-state index contributed by atoms with van der Waals surface area (Å²) < 4.78 is 0. The van der Waals surface area contributed by atoms with Gasteiger partial charge in [0.25, 0.3) is 0 Å². The van der Waals surface area contributed by atoms with Crippen LogP contribution in [0.25, 0.3) is 0 Å². The Morgan fingerprint density at radius 1 is 1.45 bits per heavy atom. The second-order valence-corrected chi connectivity index (χ2v) is 5.03. The molecule has 5 heteroatoms. The number of nitrogens with one attached hydrogen (secondary N) is 2. The predicted octanol–water partition coefficient (Wildman–Crippen LogP) is 1.24. The van der Waals surface area contributed by atoms with Gasteiger partial charge in [0.1, 0.15) is 6.07 Å². The highest BCUT2D eigenvalue weighted by Gasteiger charge is 2.11. The van der Waals surface area contributed by atoms with E-state index in [9.17, 15) is 10.1 Å². The number of anilines is 1. The van der Waals surface area contributed by atoms with E-state index in [-0.39, 0.29) is 12.5 Å². The third kappa shape index (κ3) is 4.56. The molecular weight excluding hydrogens is 252 g/mol. The van der Waals surface area contributed by atoms with Gasteiger partial charge in [0.05, 0.1) is 17.8 Å². The standard InChI is InChI=1S/C15H22N4O/c1-11(2)18-9-12-5-6-14(13(7-12)8-16)19(4)10-15(20)17-3/h5-7,11,18H,9-10H2,1-4H3,(H,17,20). The SMILES string of the molecule is CNC(=O)CN(C)c1ccc(CNC(C)C)cc1C#N. The average molecular weight is 274 g/mol. The molecule has 5 nitrogen and oxygen atoms in total. The highest BCUT2D eigenvalue weighted by molar-refractivity contribution is 5.81.